The van der Waals surface area contributed by atoms with Crippen LogP contribution >= 0.6 is 0 Å². The average Bonchev–Trinajstić information content (AvgIpc) is 2.69. The molecule has 26 heavy (non-hydrogen) atoms. The molecule has 1 saturated carbocycles. The highest BCUT2D eigenvalue weighted by Crippen LogP contribution is 2.37. The maximum atomic E-state index is 10.7. The predicted octanol–water partition coefficient (Wildman–Crippen LogP) is 0.00280. The standard InChI is InChI=1S/C20H24O6/c21-15-16(22)18(24)20(19(25)17(15)23,11-13-7-3-1-4-8-13)26-12-14-9-5-2-6-10-14/h1-10,15-19,21-25H,11-12H2/t15-,16-,17+,18-,19-,20-/m0/s1. The van der Waals surface area contributed by atoms with E-state index in [0.717, 1.165) is 11.1 Å². The molecule has 1 aliphatic carbocycles. The quantitative estimate of drug-likeness (QED) is 0.514. The Morgan fingerprint density at radius 3 is 1.62 bits per heavy atom. The van der Waals surface area contributed by atoms with Gasteiger partial charge in [0.15, 0.2) is 0 Å². The Labute approximate surface area is 151 Å². The highest BCUT2D eigenvalue weighted by Gasteiger charge is 2.59. The summed E-state index contributed by atoms with van der Waals surface area (Å²) in [5.41, 5.74) is -0.0983. The first kappa shape index (κ1) is 19.0. The molecule has 0 amide bonds. The number of hydrogen-bond acceptors (Lipinski definition) is 6. The molecule has 0 heterocycles. The molecule has 5 N–H and O–H groups in total. The molecule has 0 unspecified atom stereocenters. The summed E-state index contributed by atoms with van der Waals surface area (Å²) in [5, 5.41) is 51.6. The molecule has 6 heteroatoms. The number of aliphatic hydroxyl groups excluding tert-OH is 5. The normalized spacial score (nSPS) is 34.6. The van der Waals surface area contributed by atoms with Crippen LogP contribution in [0, 0.1) is 0 Å². The van der Waals surface area contributed by atoms with E-state index in [1.165, 1.54) is 0 Å². The zero-order valence-electron chi connectivity index (χ0n) is 14.2. The van der Waals surface area contributed by atoms with Gasteiger partial charge in [0.1, 0.15) is 36.1 Å². The summed E-state index contributed by atoms with van der Waals surface area (Å²) in [6.45, 7) is 0.0668. The van der Waals surface area contributed by atoms with Crippen LogP contribution in [0.4, 0.5) is 0 Å². The summed E-state index contributed by atoms with van der Waals surface area (Å²) in [7, 11) is 0. The average molecular weight is 360 g/mol. The lowest BCUT2D eigenvalue weighted by molar-refractivity contribution is -0.285. The summed E-state index contributed by atoms with van der Waals surface area (Å²) < 4.78 is 5.94. The maximum absolute atomic E-state index is 10.7. The zero-order chi connectivity index (χ0) is 18.7. The van der Waals surface area contributed by atoms with Gasteiger partial charge in [-0.05, 0) is 11.1 Å². The molecule has 1 aliphatic rings. The first-order chi connectivity index (χ1) is 12.5. The lowest BCUT2D eigenvalue weighted by Gasteiger charge is -2.50. The summed E-state index contributed by atoms with van der Waals surface area (Å²) in [6.07, 6.45) is -8.06. The fourth-order valence-corrected chi connectivity index (χ4v) is 3.47. The predicted molar refractivity (Wildman–Crippen MR) is 94.1 cm³/mol. The third kappa shape index (κ3) is 3.53. The van der Waals surface area contributed by atoms with E-state index in [4.69, 9.17) is 4.74 Å². The lowest BCUT2D eigenvalue weighted by atomic mass is 9.71. The van der Waals surface area contributed by atoms with Gasteiger partial charge in [-0.1, -0.05) is 60.7 Å². The van der Waals surface area contributed by atoms with Crippen molar-refractivity contribution in [1.82, 2.24) is 0 Å². The second-order valence-electron chi connectivity index (χ2n) is 6.75. The Morgan fingerprint density at radius 1 is 0.654 bits per heavy atom. The summed E-state index contributed by atoms with van der Waals surface area (Å²) in [5.74, 6) is 0. The summed E-state index contributed by atoms with van der Waals surface area (Å²) in [6, 6.07) is 18.3. The van der Waals surface area contributed by atoms with Crippen LogP contribution in [-0.4, -0.2) is 61.7 Å². The van der Waals surface area contributed by atoms with E-state index in [0.29, 0.717) is 0 Å². The molecule has 6 atom stereocenters. The van der Waals surface area contributed by atoms with Gasteiger partial charge in [0, 0.05) is 6.42 Å². The van der Waals surface area contributed by atoms with Crippen LogP contribution in [0.2, 0.25) is 0 Å². The number of benzene rings is 2. The van der Waals surface area contributed by atoms with Crippen molar-refractivity contribution in [3.8, 4) is 0 Å². The molecule has 1 fully saturated rings. The Morgan fingerprint density at radius 2 is 1.12 bits per heavy atom. The Bertz CT molecular complexity index is 676. The van der Waals surface area contributed by atoms with Gasteiger partial charge < -0.3 is 30.3 Å². The maximum Gasteiger partial charge on any atom is 0.129 e. The van der Waals surface area contributed by atoms with Crippen molar-refractivity contribution >= 4 is 0 Å². The van der Waals surface area contributed by atoms with Gasteiger partial charge in [-0.2, -0.15) is 0 Å². The molecule has 0 radical (unpaired) electrons. The first-order valence-electron chi connectivity index (χ1n) is 8.58. The Hall–Kier alpha value is -1.80. The fourth-order valence-electron chi connectivity index (χ4n) is 3.47. The zero-order valence-corrected chi connectivity index (χ0v) is 14.2. The van der Waals surface area contributed by atoms with Gasteiger partial charge in [0.25, 0.3) is 0 Å². The van der Waals surface area contributed by atoms with Crippen molar-refractivity contribution in [3.05, 3.63) is 71.8 Å². The Kier molecular flexibility index (Phi) is 5.72. The number of hydrogen-bond donors (Lipinski definition) is 5. The molecular formula is C20H24O6. The largest absolute Gasteiger partial charge is 0.387 e. The molecule has 0 aromatic heterocycles. The van der Waals surface area contributed by atoms with Crippen LogP contribution in [0.5, 0.6) is 0 Å². The first-order valence-corrected chi connectivity index (χ1v) is 8.58. The third-order valence-electron chi connectivity index (χ3n) is 5.02. The fraction of sp³-hybridized carbons (Fsp3) is 0.400. The van der Waals surface area contributed by atoms with Crippen molar-refractivity contribution in [1.29, 1.82) is 0 Å². The van der Waals surface area contributed by atoms with Crippen molar-refractivity contribution < 1.29 is 30.3 Å². The van der Waals surface area contributed by atoms with Crippen molar-refractivity contribution in [2.45, 2.75) is 49.1 Å². The van der Waals surface area contributed by atoms with E-state index < -0.39 is 36.1 Å². The third-order valence-corrected chi connectivity index (χ3v) is 5.02. The van der Waals surface area contributed by atoms with Crippen LogP contribution in [0.15, 0.2) is 60.7 Å². The number of ether oxygens (including phenoxy) is 1. The number of aliphatic hydroxyl groups is 5. The van der Waals surface area contributed by atoms with Crippen molar-refractivity contribution in [2.24, 2.45) is 0 Å². The van der Waals surface area contributed by atoms with E-state index in [-0.39, 0.29) is 13.0 Å². The van der Waals surface area contributed by atoms with Gasteiger partial charge in [0.2, 0.25) is 0 Å². The van der Waals surface area contributed by atoms with E-state index >= 15 is 0 Å². The van der Waals surface area contributed by atoms with Crippen molar-refractivity contribution in [2.75, 3.05) is 0 Å². The lowest BCUT2D eigenvalue weighted by Crippen LogP contribution is -2.72. The van der Waals surface area contributed by atoms with Crippen LogP contribution < -0.4 is 0 Å². The van der Waals surface area contributed by atoms with E-state index in [1.807, 2.05) is 48.5 Å². The van der Waals surface area contributed by atoms with E-state index in [2.05, 4.69) is 0 Å². The Balaban J connectivity index is 1.94. The molecule has 0 saturated heterocycles. The summed E-state index contributed by atoms with van der Waals surface area (Å²) in [4.78, 5) is 0. The minimum absolute atomic E-state index is 0.0594. The van der Waals surface area contributed by atoms with Gasteiger partial charge in [-0.3, -0.25) is 0 Å². The SMILES string of the molecule is O[C@@H]1[C@@H](O)[C@H](O)[C@@](Cc2ccccc2)(OCc2ccccc2)[C@@H](O)[C@H]1O. The highest BCUT2D eigenvalue weighted by atomic mass is 16.5. The topological polar surface area (TPSA) is 110 Å². The minimum Gasteiger partial charge on any atom is -0.387 e. The van der Waals surface area contributed by atoms with Crippen LogP contribution in [-0.2, 0) is 17.8 Å². The van der Waals surface area contributed by atoms with Gasteiger partial charge >= 0.3 is 0 Å². The smallest absolute Gasteiger partial charge is 0.129 e. The molecule has 6 nitrogen and oxygen atoms in total. The molecule has 2 aromatic carbocycles. The molecule has 0 spiro atoms. The van der Waals surface area contributed by atoms with Crippen LogP contribution in [0.25, 0.3) is 0 Å². The minimum atomic E-state index is -1.67. The number of rotatable bonds is 5. The van der Waals surface area contributed by atoms with Gasteiger partial charge in [-0.25, -0.2) is 0 Å². The van der Waals surface area contributed by atoms with Crippen LogP contribution in [0.1, 0.15) is 11.1 Å². The molecule has 0 bridgehead atoms. The van der Waals surface area contributed by atoms with Gasteiger partial charge in [0.05, 0.1) is 6.61 Å². The highest BCUT2D eigenvalue weighted by molar-refractivity contribution is 5.22. The molecule has 0 aliphatic heterocycles. The molecule has 2 aromatic rings. The molecule has 140 valence electrons. The molecular weight excluding hydrogens is 336 g/mol. The monoisotopic (exact) mass is 360 g/mol. The second-order valence-corrected chi connectivity index (χ2v) is 6.75. The van der Waals surface area contributed by atoms with Crippen molar-refractivity contribution in [3.63, 3.8) is 0 Å². The summed E-state index contributed by atoms with van der Waals surface area (Å²) >= 11 is 0. The second kappa shape index (κ2) is 7.84. The van der Waals surface area contributed by atoms with E-state index in [1.54, 1.807) is 12.1 Å². The van der Waals surface area contributed by atoms with Crippen LogP contribution in [0.3, 0.4) is 0 Å². The van der Waals surface area contributed by atoms with Gasteiger partial charge in [-0.15, -0.1) is 0 Å². The molecule has 3 rings (SSSR count). The van der Waals surface area contributed by atoms with E-state index in [9.17, 15) is 25.5 Å².